The van der Waals surface area contributed by atoms with Crippen molar-refractivity contribution in [1.82, 2.24) is 5.01 Å². The van der Waals surface area contributed by atoms with Crippen LogP contribution in [0.1, 0.15) is 36.0 Å². The summed E-state index contributed by atoms with van der Waals surface area (Å²) >= 11 is 0. The maximum absolute atomic E-state index is 13.6. The van der Waals surface area contributed by atoms with Crippen molar-refractivity contribution in [1.29, 1.82) is 0 Å². The van der Waals surface area contributed by atoms with Gasteiger partial charge in [-0.1, -0.05) is 12.5 Å². The molecule has 0 saturated heterocycles. The molecule has 2 aliphatic rings. The topological polar surface area (TPSA) is 96.0 Å². The molecule has 3 rings (SSSR count). The molecule has 1 amide bonds. The Kier molecular flexibility index (Phi) is 4.02. The minimum atomic E-state index is -5.11. The molecule has 0 unspecified atom stereocenters. The SMILES string of the molecule is O=C(c1cccc([N+](=O)[O-])c1)N1N=C2CCCC[C@H]2[C@@]1(O)C(F)(F)F. The molecule has 0 bridgehead atoms. The van der Waals surface area contributed by atoms with Gasteiger partial charge in [-0.25, -0.2) is 0 Å². The number of nitro groups is 1. The molecule has 0 spiro atoms. The summed E-state index contributed by atoms with van der Waals surface area (Å²) in [5.74, 6) is -2.55. The highest BCUT2D eigenvalue weighted by Gasteiger charge is 2.68. The highest BCUT2D eigenvalue weighted by Crippen LogP contribution is 2.48. The number of benzene rings is 1. The van der Waals surface area contributed by atoms with Gasteiger partial charge in [-0.05, 0) is 25.3 Å². The summed E-state index contributed by atoms with van der Waals surface area (Å²) in [6.07, 6.45) is -3.67. The van der Waals surface area contributed by atoms with Crippen LogP contribution in [0.5, 0.6) is 0 Å². The van der Waals surface area contributed by atoms with E-state index in [1.54, 1.807) is 0 Å². The van der Waals surface area contributed by atoms with Crippen molar-refractivity contribution in [3.8, 4) is 0 Å². The molecule has 1 aliphatic heterocycles. The molecule has 0 aromatic heterocycles. The largest absolute Gasteiger partial charge is 0.439 e. The Morgan fingerprint density at radius 3 is 2.76 bits per heavy atom. The smallest absolute Gasteiger partial charge is 0.362 e. The molecule has 1 saturated carbocycles. The van der Waals surface area contributed by atoms with Crippen LogP contribution in [0.3, 0.4) is 0 Å². The first kappa shape index (κ1) is 17.3. The van der Waals surface area contributed by atoms with Crippen LogP contribution in [0.25, 0.3) is 0 Å². The minimum absolute atomic E-state index is 0.0391. The number of amides is 1. The molecule has 7 nitrogen and oxygen atoms in total. The second kappa shape index (κ2) is 5.80. The molecule has 1 fully saturated rings. The highest BCUT2D eigenvalue weighted by molar-refractivity contribution is 5.99. The molecule has 2 atom stereocenters. The highest BCUT2D eigenvalue weighted by atomic mass is 19.4. The fourth-order valence-corrected chi connectivity index (χ4v) is 3.29. The first-order valence-corrected chi connectivity index (χ1v) is 7.61. The Balaban J connectivity index is 2.04. The number of hydrogen-bond acceptors (Lipinski definition) is 5. The summed E-state index contributed by atoms with van der Waals surface area (Å²) in [6.45, 7) is 0. The quantitative estimate of drug-likeness (QED) is 0.650. The summed E-state index contributed by atoms with van der Waals surface area (Å²) in [4.78, 5) is 22.6. The predicted octanol–water partition coefficient (Wildman–Crippen LogP) is 2.85. The van der Waals surface area contributed by atoms with Gasteiger partial charge >= 0.3 is 6.18 Å². The van der Waals surface area contributed by atoms with Crippen LogP contribution >= 0.6 is 0 Å². The Hall–Kier alpha value is -2.49. The number of non-ortho nitro benzene ring substituents is 1. The second-order valence-electron chi connectivity index (χ2n) is 6.04. The number of aliphatic hydroxyl groups is 1. The number of nitro benzene ring substituents is 1. The first-order chi connectivity index (χ1) is 11.7. The third-order valence-electron chi connectivity index (χ3n) is 4.53. The maximum Gasteiger partial charge on any atom is 0.439 e. The van der Waals surface area contributed by atoms with Gasteiger partial charge in [0.05, 0.1) is 10.8 Å². The second-order valence-corrected chi connectivity index (χ2v) is 6.04. The fraction of sp³-hybridized carbons (Fsp3) is 0.467. The predicted molar refractivity (Wildman–Crippen MR) is 79.7 cm³/mol. The van der Waals surface area contributed by atoms with Crippen molar-refractivity contribution in [2.24, 2.45) is 11.0 Å². The Bertz CT molecular complexity index is 765. The number of carbonyl (C=O) groups is 1. The maximum atomic E-state index is 13.6. The lowest BCUT2D eigenvalue weighted by Gasteiger charge is -2.38. The lowest BCUT2D eigenvalue weighted by atomic mass is 9.80. The molecule has 25 heavy (non-hydrogen) atoms. The standard InChI is InChI=1S/C15H14F3N3O4/c16-15(17,18)14(23)11-6-1-2-7-12(11)19-20(14)13(22)9-4-3-5-10(8-9)21(24)25/h3-5,8,11,23H,1-2,6-7H2/t11-,14-/m1/s1. The van der Waals surface area contributed by atoms with E-state index in [0.717, 1.165) is 18.2 Å². The van der Waals surface area contributed by atoms with Gasteiger partial charge in [-0.3, -0.25) is 14.9 Å². The Labute approximate surface area is 139 Å². The minimum Gasteiger partial charge on any atom is -0.362 e. The summed E-state index contributed by atoms with van der Waals surface area (Å²) < 4.78 is 40.9. The van der Waals surface area contributed by atoms with Gasteiger partial charge in [0.15, 0.2) is 0 Å². The monoisotopic (exact) mass is 357 g/mol. The van der Waals surface area contributed by atoms with Crippen molar-refractivity contribution in [3.05, 3.63) is 39.9 Å². The van der Waals surface area contributed by atoms with Crippen molar-refractivity contribution in [2.45, 2.75) is 37.6 Å². The number of fused-ring (bicyclic) bond motifs is 1. The average Bonchev–Trinajstić information content (AvgIpc) is 2.89. The van der Waals surface area contributed by atoms with Crippen molar-refractivity contribution in [3.63, 3.8) is 0 Å². The average molecular weight is 357 g/mol. The van der Waals surface area contributed by atoms with Gasteiger partial charge in [0, 0.05) is 23.4 Å². The molecule has 1 aromatic carbocycles. The lowest BCUT2D eigenvalue weighted by Crippen LogP contribution is -2.61. The van der Waals surface area contributed by atoms with E-state index in [0.29, 0.717) is 12.8 Å². The summed E-state index contributed by atoms with van der Waals surface area (Å²) in [5.41, 5.74) is -4.10. The summed E-state index contributed by atoms with van der Waals surface area (Å²) in [7, 11) is 0. The zero-order valence-electron chi connectivity index (χ0n) is 12.9. The van der Waals surface area contributed by atoms with Crippen LogP contribution in [0.2, 0.25) is 0 Å². The lowest BCUT2D eigenvalue weighted by molar-refractivity contribution is -0.384. The third-order valence-corrected chi connectivity index (χ3v) is 4.53. The van der Waals surface area contributed by atoms with E-state index >= 15 is 0 Å². The molecule has 1 N–H and O–H groups in total. The van der Waals surface area contributed by atoms with Crippen LogP contribution in [-0.4, -0.2) is 38.6 Å². The molecule has 0 radical (unpaired) electrons. The van der Waals surface area contributed by atoms with Crippen LogP contribution in [0.4, 0.5) is 18.9 Å². The van der Waals surface area contributed by atoms with E-state index < -0.39 is 34.3 Å². The van der Waals surface area contributed by atoms with Crippen molar-refractivity contribution >= 4 is 17.3 Å². The van der Waals surface area contributed by atoms with Gasteiger partial charge in [-0.2, -0.15) is 23.3 Å². The molecule has 1 aromatic rings. The number of hydrogen-bond donors (Lipinski definition) is 1. The number of carbonyl (C=O) groups excluding carboxylic acids is 1. The number of alkyl halides is 3. The Morgan fingerprint density at radius 1 is 1.40 bits per heavy atom. The van der Waals surface area contributed by atoms with Crippen LogP contribution in [0, 0.1) is 16.0 Å². The van der Waals surface area contributed by atoms with Crippen LogP contribution in [0.15, 0.2) is 29.4 Å². The fourth-order valence-electron chi connectivity index (χ4n) is 3.29. The normalized spacial score (nSPS) is 26.2. The van der Waals surface area contributed by atoms with Crippen molar-refractivity contribution < 1.29 is 28.0 Å². The first-order valence-electron chi connectivity index (χ1n) is 7.61. The van der Waals surface area contributed by atoms with Crippen LogP contribution in [-0.2, 0) is 0 Å². The zero-order chi connectivity index (χ0) is 18.4. The number of hydrazone groups is 1. The number of halogens is 3. The summed E-state index contributed by atoms with van der Waals surface area (Å²) in [6, 6.07) is 4.31. The zero-order valence-corrected chi connectivity index (χ0v) is 12.9. The van der Waals surface area contributed by atoms with Gasteiger partial charge in [0.25, 0.3) is 17.3 Å². The number of rotatable bonds is 2. The Morgan fingerprint density at radius 2 is 2.12 bits per heavy atom. The number of nitrogens with zero attached hydrogens (tertiary/aromatic N) is 3. The van der Waals surface area contributed by atoms with E-state index in [2.05, 4.69) is 5.10 Å². The van der Waals surface area contributed by atoms with Gasteiger partial charge in [0.2, 0.25) is 0 Å². The molecule has 10 heteroatoms. The molecule has 1 aliphatic carbocycles. The van der Waals surface area contributed by atoms with Crippen LogP contribution < -0.4 is 0 Å². The molecular weight excluding hydrogens is 343 g/mol. The van der Waals surface area contributed by atoms with Gasteiger partial charge < -0.3 is 5.11 Å². The molecule has 1 heterocycles. The van der Waals surface area contributed by atoms with Crippen molar-refractivity contribution in [2.75, 3.05) is 0 Å². The third kappa shape index (κ3) is 2.66. The molecule has 134 valence electrons. The van der Waals surface area contributed by atoms with Gasteiger partial charge in [0.1, 0.15) is 0 Å². The van der Waals surface area contributed by atoms with E-state index in [9.17, 15) is 33.2 Å². The van der Waals surface area contributed by atoms with E-state index in [1.807, 2.05) is 0 Å². The van der Waals surface area contributed by atoms with E-state index in [1.165, 1.54) is 6.07 Å². The van der Waals surface area contributed by atoms with Gasteiger partial charge in [-0.15, -0.1) is 0 Å². The summed E-state index contributed by atoms with van der Waals surface area (Å²) in [5, 5.41) is 25.0. The van der Waals surface area contributed by atoms with E-state index in [-0.39, 0.29) is 29.1 Å². The molecular formula is C15H14F3N3O4. The van der Waals surface area contributed by atoms with E-state index in [4.69, 9.17) is 0 Å².